The van der Waals surface area contributed by atoms with Crippen LogP contribution in [0, 0.1) is 0 Å². The van der Waals surface area contributed by atoms with E-state index in [4.69, 9.17) is 14.2 Å². The van der Waals surface area contributed by atoms with E-state index in [1.807, 2.05) is 0 Å². The third kappa shape index (κ3) is 3.96. The highest BCUT2D eigenvalue weighted by Gasteiger charge is 2.17. The van der Waals surface area contributed by atoms with E-state index in [9.17, 15) is 9.59 Å². The molecule has 8 nitrogen and oxygen atoms in total. The molecular formula is C21H17N3O5. The van der Waals surface area contributed by atoms with Crippen molar-refractivity contribution in [3.8, 4) is 17.2 Å². The highest BCUT2D eigenvalue weighted by atomic mass is 16.7. The van der Waals surface area contributed by atoms with Crippen LogP contribution in [0.3, 0.4) is 0 Å². The molecule has 0 unspecified atom stereocenters. The molecule has 2 N–H and O–H groups in total. The molecule has 0 saturated heterocycles. The number of anilines is 2. The van der Waals surface area contributed by atoms with Gasteiger partial charge in [-0.15, -0.1) is 0 Å². The van der Waals surface area contributed by atoms with Crippen LogP contribution in [0.5, 0.6) is 17.2 Å². The first-order chi connectivity index (χ1) is 14.1. The minimum atomic E-state index is -0.312. The molecule has 2 heterocycles. The Morgan fingerprint density at radius 2 is 1.79 bits per heavy atom. The van der Waals surface area contributed by atoms with Gasteiger partial charge in [-0.1, -0.05) is 0 Å². The lowest BCUT2D eigenvalue weighted by Crippen LogP contribution is -2.14. The lowest BCUT2D eigenvalue weighted by molar-refractivity contribution is 0.101. The van der Waals surface area contributed by atoms with Gasteiger partial charge in [0.1, 0.15) is 5.75 Å². The van der Waals surface area contributed by atoms with Gasteiger partial charge in [0, 0.05) is 29.7 Å². The van der Waals surface area contributed by atoms with Gasteiger partial charge < -0.3 is 24.8 Å². The minimum absolute atomic E-state index is 0.143. The van der Waals surface area contributed by atoms with Gasteiger partial charge in [0.05, 0.1) is 18.4 Å². The molecule has 0 saturated carbocycles. The van der Waals surface area contributed by atoms with Crippen molar-refractivity contribution < 1.29 is 23.8 Å². The molecule has 0 atom stereocenters. The topological polar surface area (TPSA) is 98.8 Å². The summed E-state index contributed by atoms with van der Waals surface area (Å²) in [6.45, 7) is 0.143. The molecule has 29 heavy (non-hydrogen) atoms. The molecule has 2 amide bonds. The van der Waals surface area contributed by atoms with Crippen molar-refractivity contribution >= 4 is 23.2 Å². The van der Waals surface area contributed by atoms with Gasteiger partial charge in [-0.05, 0) is 42.5 Å². The molecule has 0 fully saturated rings. The number of hydrogen-bond acceptors (Lipinski definition) is 6. The summed E-state index contributed by atoms with van der Waals surface area (Å²) >= 11 is 0. The fraction of sp³-hybridized carbons (Fsp3) is 0.0952. The fourth-order valence-corrected chi connectivity index (χ4v) is 2.80. The number of carbonyl (C=O) groups is 2. The number of hydrogen-bond donors (Lipinski definition) is 2. The maximum atomic E-state index is 12.5. The second-order valence-electron chi connectivity index (χ2n) is 6.13. The van der Waals surface area contributed by atoms with Gasteiger partial charge in [0.2, 0.25) is 6.79 Å². The summed E-state index contributed by atoms with van der Waals surface area (Å²) in [7, 11) is 1.48. The Bertz CT molecular complexity index is 1070. The number of methoxy groups -OCH3 is 1. The maximum absolute atomic E-state index is 12.5. The van der Waals surface area contributed by atoms with Gasteiger partial charge >= 0.3 is 0 Å². The highest BCUT2D eigenvalue weighted by molar-refractivity contribution is 6.06. The number of carbonyl (C=O) groups excluding carboxylic acids is 2. The van der Waals surface area contributed by atoms with E-state index in [0.717, 1.165) is 0 Å². The molecule has 0 radical (unpaired) electrons. The molecule has 4 rings (SSSR count). The van der Waals surface area contributed by atoms with Gasteiger partial charge in [-0.25, -0.2) is 0 Å². The van der Waals surface area contributed by atoms with Crippen LogP contribution in [0.25, 0.3) is 0 Å². The number of ether oxygens (including phenoxy) is 3. The Hall–Kier alpha value is -4.07. The second-order valence-corrected chi connectivity index (χ2v) is 6.13. The number of nitrogens with one attached hydrogen (secondary N) is 2. The van der Waals surface area contributed by atoms with Crippen LogP contribution in [0.4, 0.5) is 11.4 Å². The number of aromatic nitrogens is 1. The molecule has 3 aromatic rings. The predicted octanol–water partition coefficient (Wildman–Crippen LogP) is 3.32. The summed E-state index contributed by atoms with van der Waals surface area (Å²) in [4.78, 5) is 28.8. The molecule has 1 aliphatic rings. The Morgan fingerprint density at radius 3 is 2.59 bits per heavy atom. The number of fused-ring (bicyclic) bond motifs is 1. The Balaban J connectivity index is 1.49. The second kappa shape index (κ2) is 7.89. The van der Waals surface area contributed by atoms with Gasteiger partial charge in [0.25, 0.3) is 11.8 Å². The molecule has 8 heteroatoms. The van der Waals surface area contributed by atoms with Crippen molar-refractivity contribution in [2.75, 3.05) is 24.5 Å². The summed E-state index contributed by atoms with van der Waals surface area (Å²) in [6, 6.07) is 13.3. The average Bonchev–Trinajstić information content (AvgIpc) is 3.23. The van der Waals surface area contributed by atoms with Gasteiger partial charge in [-0.2, -0.15) is 0 Å². The maximum Gasteiger partial charge on any atom is 0.257 e. The monoisotopic (exact) mass is 391 g/mol. The van der Waals surface area contributed by atoms with Gasteiger partial charge in [0.15, 0.2) is 11.5 Å². The number of rotatable bonds is 5. The van der Waals surface area contributed by atoms with Crippen molar-refractivity contribution in [3.05, 3.63) is 72.1 Å². The van der Waals surface area contributed by atoms with Gasteiger partial charge in [-0.3, -0.25) is 14.6 Å². The van der Waals surface area contributed by atoms with Crippen LogP contribution in [0.2, 0.25) is 0 Å². The van der Waals surface area contributed by atoms with Crippen molar-refractivity contribution in [3.63, 3.8) is 0 Å². The smallest absolute Gasteiger partial charge is 0.257 e. The standard InChI is InChI=1S/C21H17N3O5/c1-27-18-10-15(5-6-16(18)24-21(26)14-3-2-8-22-11-14)23-20(25)13-4-7-17-19(9-13)29-12-28-17/h2-11H,12H2,1H3,(H,23,25)(H,24,26). The SMILES string of the molecule is COc1cc(NC(=O)c2ccc3c(c2)OCO3)ccc1NC(=O)c1cccnc1. The molecule has 1 aliphatic heterocycles. The molecule has 0 aliphatic carbocycles. The molecular weight excluding hydrogens is 374 g/mol. The average molecular weight is 391 g/mol. The van der Waals surface area contributed by atoms with E-state index >= 15 is 0 Å². The number of amides is 2. The minimum Gasteiger partial charge on any atom is -0.494 e. The normalized spacial score (nSPS) is 11.6. The lowest BCUT2D eigenvalue weighted by Gasteiger charge is -2.13. The highest BCUT2D eigenvalue weighted by Crippen LogP contribution is 2.33. The number of nitrogens with zero attached hydrogens (tertiary/aromatic N) is 1. The summed E-state index contributed by atoms with van der Waals surface area (Å²) < 4.78 is 15.9. The van der Waals surface area contributed by atoms with E-state index in [1.54, 1.807) is 54.7 Å². The van der Waals surface area contributed by atoms with Crippen LogP contribution in [-0.4, -0.2) is 30.7 Å². The number of benzene rings is 2. The van der Waals surface area contributed by atoms with Crippen LogP contribution in [0.15, 0.2) is 60.9 Å². The van der Waals surface area contributed by atoms with Crippen molar-refractivity contribution in [1.82, 2.24) is 4.98 Å². The zero-order valence-corrected chi connectivity index (χ0v) is 15.5. The third-order valence-corrected chi connectivity index (χ3v) is 4.27. The first-order valence-corrected chi connectivity index (χ1v) is 8.74. The third-order valence-electron chi connectivity index (χ3n) is 4.27. The number of pyridine rings is 1. The van der Waals surface area contributed by atoms with Crippen molar-refractivity contribution in [1.29, 1.82) is 0 Å². The summed E-state index contributed by atoms with van der Waals surface area (Å²) in [5.74, 6) is 0.928. The van der Waals surface area contributed by atoms with Crippen LogP contribution >= 0.6 is 0 Å². The Morgan fingerprint density at radius 1 is 0.966 bits per heavy atom. The molecule has 2 aromatic carbocycles. The molecule has 146 valence electrons. The van der Waals surface area contributed by atoms with E-state index in [-0.39, 0.29) is 18.6 Å². The zero-order chi connectivity index (χ0) is 20.2. The van der Waals surface area contributed by atoms with Crippen LogP contribution in [0.1, 0.15) is 20.7 Å². The molecule has 0 spiro atoms. The lowest BCUT2D eigenvalue weighted by atomic mass is 10.1. The summed E-state index contributed by atoms with van der Waals surface area (Å²) in [5, 5.41) is 5.57. The summed E-state index contributed by atoms with van der Waals surface area (Å²) in [6.07, 6.45) is 3.07. The van der Waals surface area contributed by atoms with Crippen molar-refractivity contribution in [2.24, 2.45) is 0 Å². The largest absolute Gasteiger partial charge is 0.494 e. The Labute approximate surface area is 166 Å². The fourth-order valence-electron chi connectivity index (χ4n) is 2.80. The van der Waals surface area contributed by atoms with Crippen LogP contribution in [-0.2, 0) is 0 Å². The predicted molar refractivity (Wildman–Crippen MR) is 106 cm³/mol. The first-order valence-electron chi connectivity index (χ1n) is 8.74. The van der Waals surface area contributed by atoms with Crippen molar-refractivity contribution in [2.45, 2.75) is 0 Å². The van der Waals surface area contributed by atoms with E-state index in [1.165, 1.54) is 13.3 Å². The quantitative estimate of drug-likeness (QED) is 0.692. The first kappa shape index (κ1) is 18.3. The van der Waals surface area contributed by atoms with E-state index in [2.05, 4.69) is 15.6 Å². The molecule has 1 aromatic heterocycles. The summed E-state index contributed by atoms with van der Waals surface area (Å²) in [5.41, 5.74) is 1.85. The van der Waals surface area contributed by atoms with Crippen LogP contribution < -0.4 is 24.8 Å². The Kier molecular flexibility index (Phi) is 4.98. The zero-order valence-electron chi connectivity index (χ0n) is 15.5. The molecule has 0 bridgehead atoms. The van der Waals surface area contributed by atoms with E-state index in [0.29, 0.717) is 39.8 Å². The van der Waals surface area contributed by atoms with E-state index < -0.39 is 0 Å².